The number of ether oxygens (including phenoxy) is 4. The Hall–Kier alpha value is -1.94. The van der Waals surface area contributed by atoms with Gasteiger partial charge in [0, 0.05) is 25.7 Å². The molecule has 0 bridgehead atoms. The number of phosphoric ester groups is 2. The number of carbonyl (C=O) groups excluding carboxylic acids is 4. The summed E-state index contributed by atoms with van der Waals surface area (Å²) in [5.41, 5.74) is 0. The minimum absolute atomic E-state index is 0.106. The Balaban J connectivity index is 5.20. The molecule has 582 valence electrons. The molecule has 0 saturated carbocycles. The number of hydrogen-bond donors (Lipinski definition) is 3. The molecule has 0 aliphatic carbocycles. The van der Waals surface area contributed by atoms with Crippen LogP contribution in [0.1, 0.15) is 414 Å². The molecule has 98 heavy (non-hydrogen) atoms. The van der Waals surface area contributed by atoms with Crippen molar-refractivity contribution in [1.29, 1.82) is 0 Å². The lowest BCUT2D eigenvalue weighted by atomic mass is 9.99. The molecule has 17 nitrogen and oxygen atoms in total. The van der Waals surface area contributed by atoms with Gasteiger partial charge in [-0.05, 0) is 37.5 Å². The molecular formula is C79H154O17P2. The Morgan fingerprint density at radius 2 is 0.520 bits per heavy atom. The second kappa shape index (κ2) is 70.7. The summed E-state index contributed by atoms with van der Waals surface area (Å²) in [4.78, 5) is 72.9. The van der Waals surface area contributed by atoms with E-state index >= 15 is 0 Å². The maximum absolute atomic E-state index is 13.1. The molecular weight excluding hydrogens is 1280 g/mol. The van der Waals surface area contributed by atoms with Crippen molar-refractivity contribution >= 4 is 39.5 Å². The third-order valence-electron chi connectivity index (χ3n) is 18.8. The first-order valence-electron chi connectivity index (χ1n) is 41.0. The number of aliphatic hydroxyl groups excluding tert-OH is 1. The minimum atomic E-state index is -4.96. The summed E-state index contributed by atoms with van der Waals surface area (Å²) in [6, 6.07) is 0. The van der Waals surface area contributed by atoms with Crippen LogP contribution in [0.25, 0.3) is 0 Å². The lowest BCUT2D eigenvalue weighted by Gasteiger charge is -2.21. The standard InChI is InChI=1S/C79H154O17P2/c1-7-10-12-14-16-18-20-27-32-38-44-50-56-62-77(82)90-67-74(95-78(83)63-57-51-45-39-33-29-26-24-22-21-23-25-28-31-36-42-48-54-60-72(6)9-3)69-93-97(85,86)91-65-73(80)66-92-98(87,88)94-70-75(68-89-76(81)61-55-49-43-37-30-19-17-15-13-11-8-2)96-79(84)64-58-52-46-40-34-35-41-47-53-59-71(4)5/h71-75,80H,7-70H2,1-6H3,(H,85,86)(H,87,88)/t72?,73-,74-,75-/m1/s1. The van der Waals surface area contributed by atoms with E-state index in [1.807, 2.05) is 0 Å². The van der Waals surface area contributed by atoms with Crippen LogP contribution in [0, 0.1) is 11.8 Å². The van der Waals surface area contributed by atoms with E-state index in [9.17, 15) is 43.2 Å². The summed E-state index contributed by atoms with van der Waals surface area (Å²) in [5.74, 6) is -0.504. The predicted molar refractivity (Wildman–Crippen MR) is 400 cm³/mol. The SMILES string of the molecule is CCCCCCCCCCCCCCCC(=O)OC[C@H](COP(=O)(O)OC[C@@H](O)COP(=O)(O)OC[C@@H](COC(=O)CCCCCCCCCCCCC)OC(=O)CCCCCCCCCCCC(C)C)OC(=O)CCCCCCCCCCCCCCCCCCCCC(C)CC. The van der Waals surface area contributed by atoms with Crippen molar-refractivity contribution in [3.63, 3.8) is 0 Å². The van der Waals surface area contributed by atoms with Gasteiger partial charge in [0.15, 0.2) is 12.2 Å². The number of rotatable bonds is 78. The van der Waals surface area contributed by atoms with Crippen LogP contribution < -0.4 is 0 Å². The summed E-state index contributed by atoms with van der Waals surface area (Å²) in [6.45, 7) is 9.66. The van der Waals surface area contributed by atoms with Crippen LogP contribution in [-0.2, 0) is 65.4 Å². The largest absolute Gasteiger partial charge is 0.472 e. The van der Waals surface area contributed by atoms with Crippen molar-refractivity contribution in [2.75, 3.05) is 39.6 Å². The predicted octanol–water partition coefficient (Wildman–Crippen LogP) is 23.5. The maximum Gasteiger partial charge on any atom is 0.472 e. The molecule has 0 saturated heterocycles. The van der Waals surface area contributed by atoms with E-state index < -0.39 is 97.5 Å². The molecule has 0 aromatic rings. The molecule has 0 aromatic heterocycles. The average molecular weight is 1440 g/mol. The van der Waals surface area contributed by atoms with Gasteiger partial charge in [0.25, 0.3) is 0 Å². The Kier molecular flexibility index (Phi) is 69.3. The van der Waals surface area contributed by atoms with Crippen LogP contribution in [-0.4, -0.2) is 96.7 Å². The van der Waals surface area contributed by atoms with E-state index in [4.69, 9.17) is 37.0 Å². The molecule has 0 aliphatic rings. The second-order valence-corrected chi connectivity index (χ2v) is 32.1. The van der Waals surface area contributed by atoms with Crippen LogP contribution in [0.4, 0.5) is 0 Å². The molecule has 0 aromatic carbocycles. The van der Waals surface area contributed by atoms with Gasteiger partial charge in [-0.2, -0.15) is 0 Å². The number of phosphoric acid groups is 2. The summed E-state index contributed by atoms with van der Waals surface area (Å²) >= 11 is 0. The first-order valence-corrected chi connectivity index (χ1v) is 44.0. The van der Waals surface area contributed by atoms with Crippen LogP contribution in [0.15, 0.2) is 0 Å². The number of hydrogen-bond acceptors (Lipinski definition) is 15. The van der Waals surface area contributed by atoms with Crippen molar-refractivity contribution in [2.24, 2.45) is 11.8 Å². The molecule has 0 aliphatic heterocycles. The Morgan fingerprint density at radius 1 is 0.296 bits per heavy atom. The van der Waals surface area contributed by atoms with E-state index in [-0.39, 0.29) is 25.7 Å². The third kappa shape index (κ3) is 71.1. The monoisotopic (exact) mass is 1440 g/mol. The average Bonchev–Trinajstić information content (AvgIpc) is 0.936. The fourth-order valence-corrected chi connectivity index (χ4v) is 13.7. The summed E-state index contributed by atoms with van der Waals surface area (Å²) in [5, 5.41) is 10.6. The highest BCUT2D eigenvalue weighted by Crippen LogP contribution is 2.45. The van der Waals surface area contributed by atoms with Gasteiger partial charge in [-0.3, -0.25) is 37.3 Å². The van der Waals surface area contributed by atoms with Crippen molar-refractivity contribution in [3.05, 3.63) is 0 Å². The van der Waals surface area contributed by atoms with E-state index in [0.29, 0.717) is 25.7 Å². The van der Waals surface area contributed by atoms with Gasteiger partial charge in [0.05, 0.1) is 26.4 Å². The summed E-state index contributed by atoms with van der Waals surface area (Å²) in [6.07, 6.45) is 59.6. The van der Waals surface area contributed by atoms with Gasteiger partial charge in [0.1, 0.15) is 19.3 Å². The van der Waals surface area contributed by atoms with Gasteiger partial charge >= 0.3 is 39.5 Å². The molecule has 0 heterocycles. The van der Waals surface area contributed by atoms with Crippen molar-refractivity contribution < 1.29 is 80.2 Å². The van der Waals surface area contributed by atoms with Crippen LogP contribution in [0.5, 0.6) is 0 Å². The van der Waals surface area contributed by atoms with Gasteiger partial charge in [-0.25, -0.2) is 9.13 Å². The topological polar surface area (TPSA) is 237 Å². The smallest absolute Gasteiger partial charge is 0.462 e. The summed E-state index contributed by atoms with van der Waals surface area (Å²) in [7, 11) is -9.91. The number of aliphatic hydroxyl groups is 1. The van der Waals surface area contributed by atoms with Crippen LogP contribution >= 0.6 is 15.6 Å². The Bertz CT molecular complexity index is 1890. The highest BCUT2D eigenvalue weighted by atomic mass is 31.2. The van der Waals surface area contributed by atoms with E-state index in [2.05, 4.69) is 41.5 Å². The zero-order valence-corrected chi connectivity index (χ0v) is 65.9. The van der Waals surface area contributed by atoms with E-state index in [1.165, 1.54) is 231 Å². The quantitative estimate of drug-likeness (QED) is 0.0222. The number of esters is 4. The Morgan fingerprint density at radius 3 is 0.776 bits per heavy atom. The van der Waals surface area contributed by atoms with Gasteiger partial charge in [-0.15, -0.1) is 0 Å². The maximum atomic E-state index is 13.1. The van der Waals surface area contributed by atoms with Gasteiger partial charge in [0.2, 0.25) is 0 Å². The molecule has 3 N–H and O–H groups in total. The number of unbranched alkanes of at least 4 members (excludes halogenated alkanes) is 47. The van der Waals surface area contributed by atoms with E-state index in [1.54, 1.807) is 0 Å². The van der Waals surface area contributed by atoms with Crippen LogP contribution in [0.2, 0.25) is 0 Å². The first kappa shape index (κ1) is 96.1. The van der Waals surface area contributed by atoms with Gasteiger partial charge < -0.3 is 33.8 Å². The zero-order valence-electron chi connectivity index (χ0n) is 64.1. The molecule has 3 unspecified atom stereocenters. The molecule has 0 amide bonds. The molecule has 0 rings (SSSR count). The van der Waals surface area contributed by atoms with Crippen LogP contribution in [0.3, 0.4) is 0 Å². The van der Waals surface area contributed by atoms with E-state index in [0.717, 1.165) is 102 Å². The summed E-state index contributed by atoms with van der Waals surface area (Å²) < 4.78 is 68.6. The third-order valence-corrected chi connectivity index (χ3v) is 20.7. The lowest BCUT2D eigenvalue weighted by Crippen LogP contribution is -2.30. The molecule has 0 spiro atoms. The molecule has 0 radical (unpaired) electrons. The highest BCUT2D eigenvalue weighted by molar-refractivity contribution is 7.47. The van der Waals surface area contributed by atoms with Crippen molar-refractivity contribution in [1.82, 2.24) is 0 Å². The number of carbonyl (C=O) groups is 4. The highest BCUT2D eigenvalue weighted by Gasteiger charge is 2.30. The van der Waals surface area contributed by atoms with Crippen molar-refractivity contribution in [3.8, 4) is 0 Å². The second-order valence-electron chi connectivity index (χ2n) is 29.2. The molecule has 0 fully saturated rings. The molecule has 6 atom stereocenters. The lowest BCUT2D eigenvalue weighted by molar-refractivity contribution is -0.161. The minimum Gasteiger partial charge on any atom is -0.462 e. The normalized spacial score (nSPS) is 14.2. The Labute approximate surface area is 600 Å². The zero-order chi connectivity index (χ0) is 72.1. The van der Waals surface area contributed by atoms with Crippen molar-refractivity contribution in [2.45, 2.75) is 432 Å². The fraction of sp³-hybridized carbons (Fsp3) is 0.949. The first-order chi connectivity index (χ1) is 47.4. The fourth-order valence-electron chi connectivity index (χ4n) is 12.2. The molecule has 19 heteroatoms. The van der Waals surface area contributed by atoms with Gasteiger partial charge in [-0.1, -0.05) is 363 Å².